The van der Waals surface area contributed by atoms with Gasteiger partial charge in [0, 0.05) is 19.8 Å². The van der Waals surface area contributed by atoms with Crippen LogP contribution in [0.25, 0.3) is 11.0 Å². The van der Waals surface area contributed by atoms with Gasteiger partial charge in [-0.2, -0.15) is 0 Å². The molecule has 104 valence electrons. The van der Waals surface area contributed by atoms with Crippen molar-refractivity contribution < 1.29 is 8.42 Å². The third kappa shape index (κ3) is 3.33. The molecule has 19 heavy (non-hydrogen) atoms. The van der Waals surface area contributed by atoms with Gasteiger partial charge in [0.2, 0.25) is 0 Å². The van der Waals surface area contributed by atoms with E-state index in [-0.39, 0.29) is 11.8 Å². The maximum absolute atomic E-state index is 11.1. The summed E-state index contributed by atoms with van der Waals surface area (Å²) in [6.07, 6.45) is 1.24. The second-order valence-electron chi connectivity index (χ2n) is 4.82. The van der Waals surface area contributed by atoms with Gasteiger partial charge in [0.1, 0.15) is 15.7 Å². The summed E-state index contributed by atoms with van der Waals surface area (Å²) in [4.78, 5) is 4.58. The zero-order chi connectivity index (χ0) is 14.0. The number of rotatable bonds is 5. The van der Waals surface area contributed by atoms with E-state index in [1.807, 2.05) is 42.8 Å². The van der Waals surface area contributed by atoms with Crippen molar-refractivity contribution >= 4 is 20.9 Å². The number of benzene rings is 1. The monoisotopic (exact) mass is 281 g/mol. The largest absolute Gasteiger partial charge is 0.330 e. The van der Waals surface area contributed by atoms with E-state index >= 15 is 0 Å². The Morgan fingerprint density at radius 1 is 1.37 bits per heavy atom. The molecule has 0 saturated heterocycles. The molecule has 0 spiro atoms. The van der Waals surface area contributed by atoms with Crippen molar-refractivity contribution in [2.24, 2.45) is 7.05 Å². The number of aryl methyl sites for hydroxylation is 1. The van der Waals surface area contributed by atoms with Crippen molar-refractivity contribution in [2.45, 2.75) is 13.0 Å². The normalized spacial score (nSPS) is 13.8. The van der Waals surface area contributed by atoms with Crippen LogP contribution in [0.3, 0.4) is 0 Å². The van der Waals surface area contributed by atoms with Gasteiger partial charge in [0.15, 0.2) is 0 Å². The first-order valence-corrected chi connectivity index (χ1v) is 8.27. The first-order chi connectivity index (χ1) is 8.88. The summed E-state index contributed by atoms with van der Waals surface area (Å²) >= 11 is 0. The van der Waals surface area contributed by atoms with Gasteiger partial charge in [-0.05, 0) is 19.1 Å². The summed E-state index contributed by atoms with van der Waals surface area (Å²) in [5.74, 6) is 1.05. The molecule has 0 aliphatic heterocycles. The minimum absolute atomic E-state index is 0.0131. The molecule has 1 unspecified atom stereocenters. The smallest absolute Gasteiger partial charge is 0.148 e. The number of sulfone groups is 1. The Bertz CT molecular complexity index is 676. The molecule has 0 aliphatic carbocycles. The van der Waals surface area contributed by atoms with E-state index < -0.39 is 9.84 Å². The fourth-order valence-corrected chi connectivity index (χ4v) is 2.59. The minimum Gasteiger partial charge on any atom is -0.330 e. The molecule has 0 amide bonds. The molecule has 0 radical (unpaired) electrons. The average Bonchev–Trinajstić information content (AvgIpc) is 2.66. The zero-order valence-electron chi connectivity index (χ0n) is 11.4. The number of nitrogens with zero attached hydrogens (tertiary/aromatic N) is 2. The SMILES string of the molecule is CC(NCCS(C)(=O)=O)c1nc2ccccc2n1C. The summed E-state index contributed by atoms with van der Waals surface area (Å²) in [6, 6.07) is 7.95. The number of hydrogen-bond donors (Lipinski definition) is 1. The van der Waals surface area contributed by atoms with Crippen molar-refractivity contribution in [3.05, 3.63) is 30.1 Å². The van der Waals surface area contributed by atoms with Crippen LogP contribution in [0.2, 0.25) is 0 Å². The predicted molar refractivity (Wildman–Crippen MR) is 76.8 cm³/mol. The number of hydrogen-bond acceptors (Lipinski definition) is 4. The second-order valence-corrected chi connectivity index (χ2v) is 7.08. The Balaban J connectivity index is 2.13. The van der Waals surface area contributed by atoms with Crippen molar-refractivity contribution in [3.63, 3.8) is 0 Å². The van der Waals surface area contributed by atoms with Crippen LogP contribution < -0.4 is 5.32 Å². The summed E-state index contributed by atoms with van der Waals surface area (Å²) in [6.45, 7) is 2.42. The molecule has 1 aromatic heterocycles. The first kappa shape index (κ1) is 14.0. The Morgan fingerprint density at radius 3 is 2.68 bits per heavy atom. The van der Waals surface area contributed by atoms with Gasteiger partial charge < -0.3 is 9.88 Å². The highest BCUT2D eigenvalue weighted by atomic mass is 32.2. The summed E-state index contributed by atoms with van der Waals surface area (Å²) in [5.41, 5.74) is 2.03. The number of imidazole rings is 1. The highest BCUT2D eigenvalue weighted by Crippen LogP contribution is 2.18. The van der Waals surface area contributed by atoms with Gasteiger partial charge in [-0.3, -0.25) is 0 Å². The second kappa shape index (κ2) is 5.30. The van der Waals surface area contributed by atoms with Crippen LogP contribution in [-0.4, -0.2) is 36.5 Å². The number of nitrogens with one attached hydrogen (secondary N) is 1. The highest BCUT2D eigenvalue weighted by Gasteiger charge is 2.14. The molecule has 2 rings (SSSR count). The van der Waals surface area contributed by atoms with Crippen molar-refractivity contribution in [3.8, 4) is 0 Å². The molecule has 0 saturated carbocycles. The van der Waals surface area contributed by atoms with Gasteiger partial charge in [-0.25, -0.2) is 13.4 Å². The maximum atomic E-state index is 11.1. The number of aromatic nitrogens is 2. The average molecular weight is 281 g/mol. The van der Waals surface area contributed by atoms with E-state index in [4.69, 9.17) is 0 Å². The Hall–Kier alpha value is -1.40. The van der Waals surface area contributed by atoms with Gasteiger partial charge >= 0.3 is 0 Å². The summed E-state index contributed by atoms with van der Waals surface area (Å²) in [7, 11) is -0.955. The van der Waals surface area contributed by atoms with E-state index in [2.05, 4.69) is 10.3 Å². The minimum atomic E-state index is -2.93. The van der Waals surface area contributed by atoms with Gasteiger partial charge in [-0.1, -0.05) is 12.1 Å². The third-order valence-corrected chi connectivity index (χ3v) is 4.08. The van der Waals surface area contributed by atoms with Crippen molar-refractivity contribution in [1.82, 2.24) is 14.9 Å². The lowest BCUT2D eigenvalue weighted by Gasteiger charge is -2.13. The number of fused-ring (bicyclic) bond motifs is 1. The molecule has 0 aliphatic rings. The lowest BCUT2D eigenvalue weighted by molar-refractivity contribution is 0.544. The quantitative estimate of drug-likeness (QED) is 0.896. The molecule has 2 aromatic rings. The van der Waals surface area contributed by atoms with E-state index in [0.29, 0.717) is 6.54 Å². The molecule has 1 aromatic carbocycles. The van der Waals surface area contributed by atoms with Crippen LogP contribution in [0, 0.1) is 0 Å². The fraction of sp³-hybridized carbons (Fsp3) is 0.462. The lowest BCUT2D eigenvalue weighted by Crippen LogP contribution is -2.26. The van der Waals surface area contributed by atoms with E-state index in [0.717, 1.165) is 16.9 Å². The molecule has 1 atom stereocenters. The maximum Gasteiger partial charge on any atom is 0.148 e. The molecule has 0 fully saturated rings. The van der Waals surface area contributed by atoms with Crippen LogP contribution in [-0.2, 0) is 16.9 Å². The standard InChI is InChI=1S/C13H19N3O2S/c1-10(14-8-9-19(3,17)18)13-15-11-6-4-5-7-12(11)16(13)2/h4-7,10,14H,8-9H2,1-3H3. The van der Waals surface area contributed by atoms with Gasteiger partial charge in [0.25, 0.3) is 0 Å². The van der Waals surface area contributed by atoms with E-state index in [1.54, 1.807) is 0 Å². The highest BCUT2D eigenvalue weighted by molar-refractivity contribution is 7.90. The summed E-state index contributed by atoms with van der Waals surface area (Å²) < 4.78 is 24.2. The van der Waals surface area contributed by atoms with Crippen molar-refractivity contribution in [1.29, 1.82) is 0 Å². The van der Waals surface area contributed by atoms with Crippen molar-refractivity contribution in [2.75, 3.05) is 18.6 Å². The molecule has 6 heteroatoms. The molecule has 5 nitrogen and oxygen atoms in total. The van der Waals surface area contributed by atoms with E-state index in [1.165, 1.54) is 6.26 Å². The van der Waals surface area contributed by atoms with Crippen LogP contribution in [0.15, 0.2) is 24.3 Å². The van der Waals surface area contributed by atoms with E-state index in [9.17, 15) is 8.42 Å². The molecular weight excluding hydrogens is 262 g/mol. The van der Waals surface area contributed by atoms with Gasteiger partial charge in [-0.15, -0.1) is 0 Å². The summed E-state index contributed by atoms with van der Waals surface area (Å²) in [5, 5.41) is 3.19. The molecular formula is C13H19N3O2S. The van der Waals surface area contributed by atoms with Crippen LogP contribution in [0.5, 0.6) is 0 Å². The molecule has 0 bridgehead atoms. The fourth-order valence-electron chi connectivity index (χ4n) is 2.10. The molecule has 1 heterocycles. The third-order valence-electron chi connectivity index (χ3n) is 3.13. The predicted octanol–water partition coefficient (Wildman–Crippen LogP) is 1.27. The molecule has 1 N–H and O–H groups in total. The Kier molecular flexibility index (Phi) is 3.91. The van der Waals surface area contributed by atoms with Crippen LogP contribution >= 0.6 is 0 Å². The zero-order valence-corrected chi connectivity index (χ0v) is 12.2. The topological polar surface area (TPSA) is 64.0 Å². The van der Waals surface area contributed by atoms with Crippen LogP contribution in [0.4, 0.5) is 0 Å². The lowest BCUT2D eigenvalue weighted by atomic mass is 10.3. The first-order valence-electron chi connectivity index (χ1n) is 6.21. The Morgan fingerprint density at radius 2 is 2.05 bits per heavy atom. The number of para-hydroxylation sites is 2. The van der Waals surface area contributed by atoms with Crippen LogP contribution in [0.1, 0.15) is 18.8 Å². The van der Waals surface area contributed by atoms with Gasteiger partial charge in [0.05, 0.1) is 22.8 Å². The Labute approximate surface area is 113 Å².